The third-order valence-corrected chi connectivity index (χ3v) is 4.56. The van der Waals surface area contributed by atoms with Gasteiger partial charge in [0.1, 0.15) is 11.4 Å². The maximum atomic E-state index is 13.3. The number of aromatic nitrogens is 2. The van der Waals surface area contributed by atoms with Crippen LogP contribution in [0.1, 0.15) is 21.6 Å². The summed E-state index contributed by atoms with van der Waals surface area (Å²) in [6, 6.07) is 23.3. The third kappa shape index (κ3) is 3.84. The van der Waals surface area contributed by atoms with E-state index in [1.165, 1.54) is 0 Å². The van der Waals surface area contributed by atoms with Gasteiger partial charge in [-0.05, 0) is 35.9 Å². The van der Waals surface area contributed by atoms with E-state index >= 15 is 0 Å². The number of allylic oxidation sites excluding steroid dienone is 1. The number of benzene rings is 3. The fourth-order valence-corrected chi connectivity index (χ4v) is 3.07. The van der Waals surface area contributed by atoms with Crippen LogP contribution >= 0.6 is 0 Å². The summed E-state index contributed by atoms with van der Waals surface area (Å²) in [6.45, 7) is 0. The maximum absolute atomic E-state index is 13.3. The number of hydrogen-bond donors (Lipinski definition) is 1. The van der Waals surface area contributed by atoms with Crippen LogP contribution in [0.4, 0.5) is 0 Å². The number of Topliss-reactive ketones (excluding diaryl/α,β-unsaturated/α-hetero) is 1. The van der Waals surface area contributed by atoms with Gasteiger partial charge in [0.25, 0.3) is 5.56 Å². The number of nitrogens with zero attached hydrogens (tertiary/aromatic N) is 1. The zero-order chi connectivity index (χ0) is 20.2. The van der Waals surface area contributed by atoms with Crippen LogP contribution in [0, 0.1) is 0 Å². The van der Waals surface area contributed by atoms with Crippen molar-refractivity contribution in [2.24, 2.45) is 0 Å². The van der Waals surface area contributed by atoms with Crippen LogP contribution in [0.2, 0.25) is 0 Å². The number of aromatic amines is 1. The van der Waals surface area contributed by atoms with Gasteiger partial charge in [-0.2, -0.15) is 0 Å². The SMILES string of the molecule is COc1ccc(/C=C(/C(=O)c2ccccc2)c2nc3ccccc3[nH]c2=O)cc1. The molecule has 5 nitrogen and oxygen atoms in total. The van der Waals surface area contributed by atoms with Gasteiger partial charge >= 0.3 is 0 Å². The highest BCUT2D eigenvalue weighted by atomic mass is 16.5. The summed E-state index contributed by atoms with van der Waals surface area (Å²) in [6.07, 6.45) is 1.68. The van der Waals surface area contributed by atoms with Gasteiger partial charge in [-0.3, -0.25) is 9.59 Å². The molecule has 0 saturated carbocycles. The molecule has 0 radical (unpaired) electrons. The first-order valence-electron chi connectivity index (χ1n) is 9.10. The van der Waals surface area contributed by atoms with Crippen molar-refractivity contribution in [1.29, 1.82) is 0 Å². The fourth-order valence-electron chi connectivity index (χ4n) is 3.07. The number of nitrogens with one attached hydrogen (secondary N) is 1. The number of ketones is 1. The highest BCUT2D eigenvalue weighted by molar-refractivity contribution is 6.32. The summed E-state index contributed by atoms with van der Waals surface area (Å²) in [5.41, 5.74) is 2.40. The second-order valence-electron chi connectivity index (χ2n) is 6.46. The Labute approximate surface area is 167 Å². The molecule has 3 aromatic carbocycles. The lowest BCUT2D eigenvalue weighted by atomic mass is 9.98. The molecule has 0 aliphatic carbocycles. The molecule has 1 heterocycles. The van der Waals surface area contributed by atoms with Gasteiger partial charge in [0.15, 0.2) is 5.78 Å². The lowest BCUT2D eigenvalue weighted by Crippen LogP contribution is -2.18. The summed E-state index contributed by atoms with van der Waals surface area (Å²) in [7, 11) is 1.59. The number of fused-ring (bicyclic) bond motifs is 1. The molecule has 142 valence electrons. The van der Waals surface area contributed by atoms with Crippen LogP contribution in [0.3, 0.4) is 0 Å². The van der Waals surface area contributed by atoms with Crippen molar-refractivity contribution in [3.05, 3.63) is 106 Å². The molecule has 4 aromatic rings. The van der Waals surface area contributed by atoms with Gasteiger partial charge in [0.05, 0.1) is 23.7 Å². The molecule has 1 N–H and O–H groups in total. The van der Waals surface area contributed by atoms with Crippen LogP contribution in [0.15, 0.2) is 83.7 Å². The molecule has 0 bridgehead atoms. The Morgan fingerprint density at radius 2 is 1.62 bits per heavy atom. The average molecular weight is 382 g/mol. The molecule has 1 aromatic heterocycles. The second-order valence-corrected chi connectivity index (χ2v) is 6.46. The molecule has 0 spiro atoms. The Morgan fingerprint density at radius 3 is 2.34 bits per heavy atom. The molecular weight excluding hydrogens is 364 g/mol. The second kappa shape index (κ2) is 7.94. The van der Waals surface area contributed by atoms with E-state index in [0.29, 0.717) is 22.3 Å². The Morgan fingerprint density at radius 1 is 0.931 bits per heavy atom. The summed E-state index contributed by atoms with van der Waals surface area (Å²) in [4.78, 5) is 33.4. The highest BCUT2D eigenvalue weighted by Crippen LogP contribution is 2.22. The molecule has 4 rings (SSSR count). The van der Waals surface area contributed by atoms with E-state index in [1.807, 2.05) is 30.3 Å². The fraction of sp³-hybridized carbons (Fsp3) is 0.0417. The number of para-hydroxylation sites is 2. The van der Waals surface area contributed by atoms with E-state index in [2.05, 4.69) is 9.97 Å². The minimum absolute atomic E-state index is 0.0911. The quantitative estimate of drug-likeness (QED) is 0.411. The Balaban J connectivity index is 1.90. The van der Waals surface area contributed by atoms with Crippen LogP contribution in [-0.4, -0.2) is 22.9 Å². The van der Waals surface area contributed by atoms with Gasteiger partial charge < -0.3 is 9.72 Å². The average Bonchev–Trinajstić information content (AvgIpc) is 2.78. The predicted octanol–water partition coefficient (Wildman–Crippen LogP) is 4.36. The monoisotopic (exact) mass is 382 g/mol. The van der Waals surface area contributed by atoms with E-state index < -0.39 is 5.56 Å². The minimum Gasteiger partial charge on any atom is -0.497 e. The first-order valence-corrected chi connectivity index (χ1v) is 9.10. The van der Waals surface area contributed by atoms with Gasteiger partial charge in [0.2, 0.25) is 0 Å². The van der Waals surface area contributed by atoms with Crippen molar-refractivity contribution in [2.75, 3.05) is 7.11 Å². The molecule has 0 aliphatic heterocycles. The number of carbonyl (C=O) groups is 1. The van der Waals surface area contributed by atoms with E-state index in [0.717, 1.165) is 5.56 Å². The molecule has 0 unspecified atom stereocenters. The molecule has 29 heavy (non-hydrogen) atoms. The number of hydrogen-bond acceptors (Lipinski definition) is 4. The standard InChI is InChI=1S/C24H18N2O3/c1-29-18-13-11-16(12-14-18)15-19(23(27)17-7-3-2-4-8-17)22-24(28)26-21-10-6-5-9-20(21)25-22/h2-15H,1H3,(H,26,28)/b19-15+. The van der Waals surface area contributed by atoms with Crippen LogP contribution in [-0.2, 0) is 0 Å². The predicted molar refractivity (Wildman–Crippen MR) is 114 cm³/mol. The van der Waals surface area contributed by atoms with Crippen LogP contribution < -0.4 is 10.3 Å². The first kappa shape index (κ1) is 18.4. The lowest BCUT2D eigenvalue weighted by Gasteiger charge is -2.08. The van der Waals surface area contributed by atoms with E-state index in [4.69, 9.17) is 4.74 Å². The number of H-pyrrole nitrogens is 1. The molecule has 0 amide bonds. The molecule has 0 atom stereocenters. The topological polar surface area (TPSA) is 72.0 Å². The van der Waals surface area contributed by atoms with Crippen molar-refractivity contribution in [3.8, 4) is 5.75 Å². The lowest BCUT2D eigenvalue weighted by molar-refractivity contribution is 0.105. The van der Waals surface area contributed by atoms with Crippen LogP contribution in [0.25, 0.3) is 22.7 Å². The largest absolute Gasteiger partial charge is 0.497 e. The van der Waals surface area contributed by atoms with Crippen molar-refractivity contribution in [2.45, 2.75) is 0 Å². The Bertz CT molecular complexity index is 1260. The number of ether oxygens (including phenoxy) is 1. The number of methoxy groups -OCH3 is 1. The number of carbonyl (C=O) groups excluding carboxylic acids is 1. The van der Waals surface area contributed by atoms with E-state index in [-0.39, 0.29) is 17.1 Å². The minimum atomic E-state index is -0.409. The maximum Gasteiger partial charge on any atom is 0.275 e. The first-order chi connectivity index (χ1) is 14.2. The molecule has 0 aliphatic rings. The van der Waals surface area contributed by atoms with Crippen molar-refractivity contribution >= 4 is 28.5 Å². The Hall–Kier alpha value is -3.99. The van der Waals surface area contributed by atoms with Gasteiger partial charge in [0, 0.05) is 5.56 Å². The Kier molecular flexibility index (Phi) is 5.03. The number of rotatable bonds is 5. The van der Waals surface area contributed by atoms with E-state index in [9.17, 15) is 9.59 Å². The molecule has 5 heteroatoms. The molecular formula is C24H18N2O3. The van der Waals surface area contributed by atoms with Crippen molar-refractivity contribution in [1.82, 2.24) is 9.97 Å². The summed E-state index contributed by atoms with van der Waals surface area (Å²) in [5, 5.41) is 0. The summed E-state index contributed by atoms with van der Waals surface area (Å²) < 4.78 is 5.19. The normalized spacial score (nSPS) is 11.4. The van der Waals surface area contributed by atoms with E-state index in [1.54, 1.807) is 61.7 Å². The van der Waals surface area contributed by atoms with Gasteiger partial charge in [-0.15, -0.1) is 0 Å². The smallest absolute Gasteiger partial charge is 0.275 e. The van der Waals surface area contributed by atoms with Crippen molar-refractivity contribution < 1.29 is 9.53 Å². The third-order valence-electron chi connectivity index (χ3n) is 4.56. The van der Waals surface area contributed by atoms with Gasteiger partial charge in [-0.25, -0.2) is 4.98 Å². The van der Waals surface area contributed by atoms with Crippen molar-refractivity contribution in [3.63, 3.8) is 0 Å². The van der Waals surface area contributed by atoms with Crippen LogP contribution in [0.5, 0.6) is 5.75 Å². The molecule has 0 fully saturated rings. The zero-order valence-electron chi connectivity index (χ0n) is 15.8. The summed E-state index contributed by atoms with van der Waals surface area (Å²) in [5.74, 6) is 0.439. The summed E-state index contributed by atoms with van der Waals surface area (Å²) >= 11 is 0. The zero-order valence-corrected chi connectivity index (χ0v) is 15.8. The highest BCUT2D eigenvalue weighted by Gasteiger charge is 2.19. The van der Waals surface area contributed by atoms with Gasteiger partial charge in [-0.1, -0.05) is 54.6 Å². The molecule has 0 saturated heterocycles.